The van der Waals surface area contributed by atoms with E-state index >= 15 is 0 Å². The third-order valence-corrected chi connectivity index (χ3v) is 3.90. The maximum Gasteiger partial charge on any atom is 0.274 e. The number of carbonyl (C=O) groups is 1. The Morgan fingerprint density at radius 2 is 1.83 bits per heavy atom. The van der Waals surface area contributed by atoms with Crippen LogP contribution in [0.15, 0.2) is 60.9 Å². The number of carbonyl (C=O) groups excluding carboxylic acids is 1. The highest BCUT2D eigenvalue weighted by molar-refractivity contribution is 6.03. The molecule has 1 aromatic carbocycles. The Bertz CT molecular complexity index is 823. The van der Waals surface area contributed by atoms with Crippen LogP contribution in [0.3, 0.4) is 0 Å². The second-order valence-corrected chi connectivity index (χ2v) is 5.67. The van der Waals surface area contributed by atoms with E-state index in [9.17, 15) is 4.79 Å². The average molecular weight is 304 g/mol. The summed E-state index contributed by atoms with van der Waals surface area (Å²) in [7, 11) is 0. The van der Waals surface area contributed by atoms with Crippen molar-refractivity contribution in [2.45, 2.75) is 18.8 Å². The lowest BCUT2D eigenvalue weighted by atomic mass is 10.2. The lowest BCUT2D eigenvalue weighted by Crippen LogP contribution is -2.16. The van der Waals surface area contributed by atoms with Gasteiger partial charge >= 0.3 is 0 Å². The number of rotatable bonds is 4. The molecule has 0 aliphatic heterocycles. The Morgan fingerprint density at radius 1 is 1.09 bits per heavy atom. The Balaban J connectivity index is 1.70. The summed E-state index contributed by atoms with van der Waals surface area (Å²) in [4.78, 5) is 16.6. The normalized spacial score (nSPS) is 13.7. The molecule has 4 rings (SSSR count). The average Bonchev–Trinajstić information content (AvgIpc) is 3.35. The van der Waals surface area contributed by atoms with Crippen LogP contribution in [-0.2, 0) is 0 Å². The number of aromatic nitrogens is 3. The standard InChI is InChI=1S/C18H16N4O/c23-18(20-14-8-10-19-11-9-14)17-12-16(13-6-7-13)21-22(17)15-4-2-1-3-5-15/h1-5,8-13H,6-7H2,(H,19,20,23). The summed E-state index contributed by atoms with van der Waals surface area (Å²) in [6, 6.07) is 15.2. The van der Waals surface area contributed by atoms with Gasteiger partial charge in [0.25, 0.3) is 5.91 Å². The lowest BCUT2D eigenvalue weighted by Gasteiger charge is -2.08. The zero-order valence-electron chi connectivity index (χ0n) is 12.5. The molecule has 0 spiro atoms. The molecule has 1 fully saturated rings. The van der Waals surface area contributed by atoms with Crippen molar-refractivity contribution in [3.05, 3.63) is 72.3 Å². The van der Waals surface area contributed by atoms with Gasteiger partial charge in [0.1, 0.15) is 5.69 Å². The van der Waals surface area contributed by atoms with Gasteiger partial charge in [0.2, 0.25) is 0 Å². The van der Waals surface area contributed by atoms with E-state index in [1.54, 1.807) is 29.2 Å². The fraction of sp³-hybridized carbons (Fsp3) is 0.167. The van der Waals surface area contributed by atoms with Gasteiger partial charge in [-0.2, -0.15) is 5.10 Å². The van der Waals surface area contributed by atoms with E-state index in [4.69, 9.17) is 0 Å². The molecule has 5 nitrogen and oxygen atoms in total. The van der Waals surface area contributed by atoms with E-state index in [0.29, 0.717) is 11.6 Å². The summed E-state index contributed by atoms with van der Waals surface area (Å²) in [6.45, 7) is 0. The smallest absolute Gasteiger partial charge is 0.274 e. The van der Waals surface area contributed by atoms with Crippen LogP contribution in [0.2, 0.25) is 0 Å². The van der Waals surface area contributed by atoms with Crippen LogP contribution < -0.4 is 5.32 Å². The number of pyridine rings is 1. The number of anilines is 1. The van der Waals surface area contributed by atoms with Crippen LogP contribution in [0.1, 0.15) is 34.9 Å². The highest BCUT2D eigenvalue weighted by Gasteiger charge is 2.29. The van der Waals surface area contributed by atoms with Crippen molar-refractivity contribution in [1.29, 1.82) is 0 Å². The van der Waals surface area contributed by atoms with E-state index in [1.165, 1.54) is 0 Å². The molecule has 1 aliphatic carbocycles. The van der Waals surface area contributed by atoms with Gasteiger partial charge < -0.3 is 5.32 Å². The van der Waals surface area contributed by atoms with Crippen molar-refractivity contribution in [3.63, 3.8) is 0 Å². The number of nitrogens with one attached hydrogen (secondary N) is 1. The summed E-state index contributed by atoms with van der Waals surface area (Å²) >= 11 is 0. The molecule has 1 amide bonds. The Kier molecular flexibility index (Phi) is 3.38. The maximum atomic E-state index is 12.7. The van der Waals surface area contributed by atoms with Crippen molar-refractivity contribution < 1.29 is 4.79 Å². The van der Waals surface area contributed by atoms with Gasteiger partial charge in [0, 0.05) is 24.0 Å². The van der Waals surface area contributed by atoms with Crippen LogP contribution in [0, 0.1) is 0 Å². The predicted molar refractivity (Wildman–Crippen MR) is 87.7 cm³/mol. The molecule has 23 heavy (non-hydrogen) atoms. The van der Waals surface area contributed by atoms with Crippen molar-refractivity contribution in [3.8, 4) is 5.69 Å². The fourth-order valence-electron chi connectivity index (χ4n) is 2.54. The minimum atomic E-state index is -0.167. The highest BCUT2D eigenvalue weighted by Crippen LogP contribution is 2.39. The number of amides is 1. The van der Waals surface area contributed by atoms with Gasteiger partial charge in [-0.05, 0) is 43.2 Å². The third-order valence-electron chi connectivity index (χ3n) is 3.90. The number of para-hydroxylation sites is 1. The Morgan fingerprint density at radius 3 is 2.52 bits per heavy atom. The molecule has 0 saturated heterocycles. The van der Waals surface area contributed by atoms with Crippen molar-refractivity contribution in [2.24, 2.45) is 0 Å². The van der Waals surface area contributed by atoms with Crippen LogP contribution in [0.25, 0.3) is 5.69 Å². The SMILES string of the molecule is O=C(Nc1ccncc1)c1cc(C2CC2)nn1-c1ccccc1. The monoisotopic (exact) mass is 304 g/mol. The number of hydrogen-bond donors (Lipinski definition) is 1. The molecule has 0 unspecified atom stereocenters. The molecule has 2 aromatic heterocycles. The first kappa shape index (κ1) is 13.7. The largest absolute Gasteiger partial charge is 0.321 e. The summed E-state index contributed by atoms with van der Waals surface area (Å²) in [5, 5.41) is 7.55. The van der Waals surface area contributed by atoms with Gasteiger partial charge in [-0.15, -0.1) is 0 Å². The second-order valence-electron chi connectivity index (χ2n) is 5.67. The molecule has 1 saturated carbocycles. The first-order valence-electron chi connectivity index (χ1n) is 7.68. The third kappa shape index (κ3) is 2.85. The minimum Gasteiger partial charge on any atom is -0.321 e. The first-order valence-corrected chi connectivity index (χ1v) is 7.68. The minimum absolute atomic E-state index is 0.167. The van der Waals surface area contributed by atoms with Crippen molar-refractivity contribution in [2.75, 3.05) is 5.32 Å². The zero-order chi connectivity index (χ0) is 15.6. The van der Waals surface area contributed by atoms with Gasteiger partial charge in [-0.25, -0.2) is 4.68 Å². The number of hydrogen-bond acceptors (Lipinski definition) is 3. The Labute approximate surface area is 134 Å². The lowest BCUT2D eigenvalue weighted by molar-refractivity contribution is 0.101. The van der Waals surface area contributed by atoms with E-state index in [-0.39, 0.29) is 5.91 Å². The molecule has 3 aromatic rings. The van der Waals surface area contributed by atoms with Crippen molar-refractivity contribution in [1.82, 2.24) is 14.8 Å². The van der Waals surface area contributed by atoms with Gasteiger partial charge in [0.05, 0.1) is 11.4 Å². The van der Waals surface area contributed by atoms with E-state index in [2.05, 4.69) is 15.4 Å². The van der Waals surface area contributed by atoms with E-state index in [1.807, 2.05) is 36.4 Å². The van der Waals surface area contributed by atoms with E-state index in [0.717, 1.165) is 29.9 Å². The van der Waals surface area contributed by atoms with Gasteiger partial charge in [0.15, 0.2) is 0 Å². The molecule has 0 radical (unpaired) electrons. The summed E-state index contributed by atoms with van der Waals surface area (Å²) in [5.74, 6) is 0.326. The molecule has 2 heterocycles. The van der Waals surface area contributed by atoms with E-state index < -0.39 is 0 Å². The molecule has 0 atom stereocenters. The zero-order valence-corrected chi connectivity index (χ0v) is 12.5. The topological polar surface area (TPSA) is 59.8 Å². The van der Waals surface area contributed by atoms with Crippen LogP contribution in [-0.4, -0.2) is 20.7 Å². The summed E-state index contributed by atoms with van der Waals surface area (Å²) in [5.41, 5.74) is 3.15. The molecule has 0 bridgehead atoms. The van der Waals surface area contributed by atoms with Crippen LogP contribution in [0.4, 0.5) is 5.69 Å². The Hall–Kier alpha value is -2.95. The number of benzene rings is 1. The fourth-order valence-corrected chi connectivity index (χ4v) is 2.54. The molecule has 1 N–H and O–H groups in total. The summed E-state index contributed by atoms with van der Waals surface area (Å²) < 4.78 is 1.73. The molecular weight excluding hydrogens is 288 g/mol. The molecular formula is C18H16N4O. The quantitative estimate of drug-likeness (QED) is 0.803. The first-order chi connectivity index (χ1) is 11.3. The molecule has 5 heteroatoms. The molecule has 114 valence electrons. The van der Waals surface area contributed by atoms with Gasteiger partial charge in [-0.1, -0.05) is 18.2 Å². The molecule has 1 aliphatic rings. The van der Waals surface area contributed by atoms with Crippen LogP contribution >= 0.6 is 0 Å². The van der Waals surface area contributed by atoms with Crippen LogP contribution in [0.5, 0.6) is 0 Å². The predicted octanol–water partition coefficient (Wildman–Crippen LogP) is 3.40. The maximum absolute atomic E-state index is 12.7. The summed E-state index contributed by atoms with van der Waals surface area (Å²) in [6.07, 6.45) is 5.61. The van der Waals surface area contributed by atoms with Gasteiger partial charge in [-0.3, -0.25) is 9.78 Å². The van der Waals surface area contributed by atoms with Crippen molar-refractivity contribution >= 4 is 11.6 Å². The number of nitrogens with zero attached hydrogens (tertiary/aromatic N) is 3. The highest BCUT2D eigenvalue weighted by atomic mass is 16.2. The second kappa shape index (κ2) is 5.68.